The van der Waals surface area contributed by atoms with Crippen LogP contribution in [0.5, 0.6) is 5.75 Å². The monoisotopic (exact) mass is 1040 g/mol. The molecule has 1 aromatic carbocycles. The average molecular weight is 1040 g/mol. The van der Waals surface area contributed by atoms with Crippen LogP contribution in [0.15, 0.2) is 59.2 Å². The second-order valence-electron chi connectivity index (χ2n) is 17.0. The van der Waals surface area contributed by atoms with Gasteiger partial charge in [-0.05, 0) is 88.6 Å². The lowest BCUT2D eigenvalue weighted by atomic mass is 9.90. The molecule has 396 valence electrons. The van der Waals surface area contributed by atoms with E-state index in [1.807, 2.05) is 6.07 Å². The summed E-state index contributed by atoms with van der Waals surface area (Å²) < 4.78 is 77.9. The molecule has 1 rings (SSSR count). The smallest absolute Gasteiger partial charge is 0.469 e. The summed E-state index contributed by atoms with van der Waals surface area (Å²) in [6.45, 7) is 5.28. The first-order chi connectivity index (χ1) is 33.6. The van der Waals surface area contributed by atoms with E-state index in [1.54, 1.807) is 32.9 Å². The second kappa shape index (κ2) is 35.4. The van der Waals surface area contributed by atoms with E-state index >= 15 is 0 Å². The molecule has 0 aliphatic heterocycles. The third kappa shape index (κ3) is 30.0. The number of ketones is 5. The number of benzene rings is 1. The van der Waals surface area contributed by atoms with Crippen LogP contribution < -0.4 is 4.52 Å². The molecule has 2 atom stereocenters. The molecule has 0 saturated carbocycles. The number of methoxy groups -OCH3 is 2. The minimum Gasteiger partial charge on any atom is -0.469 e. The van der Waals surface area contributed by atoms with Crippen LogP contribution in [0.2, 0.25) is 5.02 Å². The van der Waals surface area contributed by atoms with Crippen LogP contribution >= 0.6 is 19.4 Å². The van der Waals surface area contributed by atoms with E-state index in [1.165, 1.54) is 65.4 Å². The molecule has 0 radical (unpaired) electrons. The molecule has 0 heterocycles. The summed E-state index contributed by atoms with van der Waals surface area (Å²) in [5, 5.41) is 9.32. The normalized spacial score (nSPS) is 14.6. The molecule has 20 nitrogen and oxygen atoms in total. The van der Waals surface area contributed by atoms with Crippen molar-refractivity contribution in [2.45, 2.75) is 73.6 Å². The Morgan fingerprint density at radius 3 is 1.32 bits per heavy atom. The van der Waals surface area contributed by atoms with Gasteiger partial charge in [-0.3, -0.25) is 42.6 Å². The zero-order chi connectivity index (χ0) is 53.3. The van der Waals surface area contributed by atoms with Crippen molar-refractivity contribution in [1.82, 2.24) is 0 Å². The van der Waals surface area contributed by atoms with Crippen molar-refractivity contribution in [1.29, 1.82) is 5.26 Å². The number of para-hydroxylation sites is 1. The Kier molecular flexibility index (Phi) is 32.0. The van der Waals surface area contributed by atoms with Crippen molar-refractivity contribution in [2.24, 2.45) is 10.8 Å². The van der Waals surface area contributed by atoms with Gasteiger partial charge in [0.05, 0.1) is 135 Å². The molecule has 0 aliphatic carbocycles. The van der Waals surface area contributed by atoms with Crippen LogP contribution in [0.1, 0.15) is 73.6 Å². The fraction of sp³-hybridized carbons (Fsp3) is 0.592. The first-order valence-corrected chi connectivity index (χ1v) is 24.3. The van der Waals surface area contributed by atoms with Gasteiger partial charge < -0.3 is 42.4 Å². The Balaban J connectivity index is 3.92. The number of hydrogen-bond acceptors (Lipinski definition) is 20. The number of phosphoric ester groups is 1. The van der Waals surface area contributed by atoms with Gasteiger partial charge in [-0.1, -0.05) is 23.7 Å². The van der Waals surface area contributed by atoms with Crippen molar-refractivity contribution >= 4 is 60.3 Å². The molecule has 0 spiro atoms. The van der Waals surface area contributed by atoms with Crippen LogP contribution in [0.25, 0.3) is 0 Å². The lowest BCUT2D eigenvalue weighted by Crippen LogP contribution is -2.46. The number of nitriles is 1. The zero-order valence-electron chi connectivity index (χ0n) is 42.0. The minimum atomic E-state index is -4.67. The molecule has 71 heavy (non-hydrogen) atoms. The zero-order valence-corrected chi connectivity index (χ0v) is 43.7. The van der Waals surface area contributed by atoms with Gasteiger partial charge in [0.25, 0.3) is 0 Å². The summed E-state index contributed by atoms with van der Waals surface area (Å²) in [4.78, 5) is 85.0. The highest BCUT2D eigenvalue weighted by atomic mass is 35.5. The molecule has 0 saturated heterocycles. The molecule has 0 N–H and O–H groups in total. The van der Waals surface area contributed by atoms with Crippen LogP contribution in [0.3, 0.4) is 0 Å². The SMILES string of the molecule is COC(=O)CCC(=O)COCC(COCC(C)=CC(C)=O)(COCC(C)=CC(C)=O)COCC(COCC(=O)CCC(=O)OC)(COCC(C)=CC(C)=O)COP(=O)(OCCC#N)Oc1ccccc1Cl. The Labute approximate surface area is 421 Å². The highest BCUT2D eigenvalue weighted by molar-refractivity contribution is 7.48. The number of esters is 2. The van der Waals surface area contributed by atoms with Crippen LogP contribution in [0, 0.1) is 22.2 Å². The number of ether oxygens (including phenoxy) is 8. The topological polar surface area (TPSA) is 262 Å². The van der Waals surface area contributed by atoms with Crippen molar-refractivity contribution in [2.75, 3.05) is 107 Å². The van der Waals surface area contributed by atoms with Crippen LogP contribution in [-0.2, 0) is 85.1 Å². The van der Waals surface area contributed by atoms with E-state index in [-0.39, 0.29) is 126 Å². The third-order valence-corrected chi connectivity index (χ3v) is 11.1. The quantitative estimate of drug-likeness (QED) is 0.0293. The van der Waals surface area contributed by atoms with E-state index in [9.17, 15) is 43.4 Å². The number of allylic oxidation sites excluding steroid dienone is 3. The summed E-state index contributed by atoms with van der Waals surface area (Å²) in [7, 11) is -2.28. The van der Waals surface area contributed by atoms with Gasteiger partial charge in [-0.2, -0.15) is 5.26 Å². The standard InChI is InChI=1S/C49H69ClNO19P/c1-36(20-39(4)52)23-62-28-48(29-63-24-37(2)21-40(5)53,30-65-26-42(55)14-16-46(57)60-7)33-67-34-49(31-64-25-38(3)22-41(6)54,32-66-27-43(56)15-17-47(58)61-8)35-69-71(59,68-19-11-18-51)70-45-13-10-9-12-44(45)50/h9-10,12-13,20-22H,11,14-17,19,23-35H2,1-8H3. The van der Waals surface area contributed by atoms with Gasteiger partial charge in [-0.15, -0.1) is 0 Å². The maximum atomic E-state index is 14.5. The molecule has 0 amide bonds. The van der Waals surface area contributed by atoms with Crippen molar-refractivity contribution in [3.05, 3.63) is 64.2 Å². The predicted octanol–water partition coefficient (Wildman–Crippen LogP) is 6.50. The highest BCUT2D eigenvalue weighted by Crippen LogP contribution is 2.52. The number of hydrogen-bond donors (Lipinski definition) is 0. The fourth-order valence-corrected chi connectivity index (χ4v) is 7.73. The van der Waals surface area contributed by atoms with Gasteiger partial charge in [-0.25, -0.2) is 4.57 Å². The molecule has 0 bridgehead atoms. The third-order valence-electron chi connectivity index (χ3n) is 9.43. The van der Waals surface area contributed by atoms with E-state index < -0.39 is 68.6 Å². The number of halogens is 1. The molecular weight excluding hydrogens is 973 g/mol. The predicted molar refractivity (Wildman–Crippen MR) is 257 cm³/mol. The molecule has 22 heteroatoms. The summed E-state index contributed by atoms with van der Waals surface area (Å²) in [6.07, 6.45) is 3.24. The number of rotatable bonds is 41. The van der Waals surface area contributed by atoms with Gasteiger partial charge in [0.15, 0.2) is 28.9 Å². The Morgan fingerprint density at radius 1 is 0.563 bits per heavy atom. The Bertz CT molecular complexity index is 2060. The number of Topliss-reactive ketones (excluding diaryl/α,β-unsaturated/α-hetero) is 2. The lowest BCUT2D eigenvalue weighted by Gasteiger charge is -2.37. The average Bonchev–Trinajstić information content (AvgIpc) is 3.29. The van der Waals surface area contributed by atoms with Crippen LogP contribution in [0.4, 0.5) is 0 Å². The first-order valence-electron chi connectivity index (χ1n) is 22.5. The molecular formula is C49H69ClNO19P. The summed E-state index contributed by atoms with van der Waals surface area (Å²) in [5.74, 6) is -2.78. The molecule has 1 aromatic rings. The number of phosphoric acid groups is 1. The number of carbonyl (C=O) groups excluding carboxylic acids is 7. The number of carbonyl (C=O) groups is 7. The first kappa shape index (κ1) is 64.2. The molecule has 2 unspecified atom stereocenters. The van der Waals surface area contributed by atoms with Gasteiger partial charge in [0, 0.05) is 12.8 Å². The van der Waals surface area contributed by atoms with Gasteiger partial charge in [0.1, 0.15) is 19.0 Å². The number of nitrogens with zero attached hydrogens (tertiary/aromatic N) is 1. The van der Waals surface area contributed by atoms with Gasteiger partial charge in [0.2, 0.25) is 0 Å². The molecule has 0 aliphatic rings. The highest BCUT2D eigenvalue weighted by Gasteiger charge is 2.41. The van der Waals surface area contributed by atoms with E-state index in [0.717, 1.165) is 0 Å². The van der Waals surface area contributed by atoms with Crippen molar-refractivity contribution < 1.29 is 89.6 Å². The summed E-state index contributed by atoms with van der Waals surface area (Å²) in [6, 6.07) is 7.98. The van der Waals surface area contributed by atoms with Gasteiger partial charge >= 0.3 is 19.8 Å². The van der Waals surface area contributed by atoms with E-state index in [0.29, 0.717) is 16.7 Å². The summed E-state index contributed by atoms with van der Waals surface area (Å²) >= 11 is 6.35. The Hall–Kier alpha value is -4.78. The molecule has 0 fully saturated rings. The maximum Gasteiger partial charge on any atom is 0.530 e. The fourth-order valence-electron chi connectivity index (χ4n) is 6.18. The lowest BCUT2D eigenvalue weighted by molar-refractivity contribution is -0.146. The second-order valence-corrected chi connectivity index (χ2v) is 19.0. The maximum absolute atomic E-state index is 14.5. The summed E-state index contributed by atoms with van der Waals surface area (Å²) in [5.41, 5.74) is -1.08. The largest absolute Gasteiger partial charge is 0.530 e. The van der Waals surface area contributed by atoms with Crippen molar-refractivity contribution in [3.63, 3.8) is 0 Å². The molecule has 0 aromatic heterocycles. The van der Waals surface area contributed by atoms with E-state index in [2.05, 4.69) is 9.47 Å². The Morgan fingerprint density at radius 2 is 0.944 bits per heavy atom. The van der Waals surface area contributed by atoms with E-state index in [4.69, 9.17) is 53.6 Å². The minimum absolute atomic E-state index is 0.00816. The van der Waals surface area contributed by atoms with Crippen LogP contribution in [-0.4, -0.2) is 148 Å². The van der Waals surface area contributed by atoms with Crippen molar-refractivity contribution in [3.8, 4) is 11.8 Å².